The van der Waals surface area contributed by atoms with Crippen LogP contribution in [0.15, 0.2) is 132 Å². The van der Waals surface area contributed by atoms with E-state index in [1.165, 1.54) is 77.7 Å². The molecule has 0 atom stereocenters. The number of fused-ring (bicyclic) bond motifs is 4. The number of hydrogen-bond acceptors (Lipinski definition) is 2. The summed E-state index contributed by atoms with van der Waals surface area (Å²) in [5, 5.41) is 2.41. The van der Waals surface area contributed by atoms with E-state index in [9.17, 15) is 0 Å². The van der Waals surface area contributed by atoms with E-state index in [0.717, 1.165) is 17.0 Å². The van der Waals surface area contributed by atoms with Gasteiger partial charge in [-0.1, -0.05) is 145 Å². The summed E-state index contributed by atoms with van der Waals surface area (Å²) in [6, 6.07) is 47.3. The summed E-state index contributed by atoms with van der Waals surface area (Å²) in [7, 11) is 0. The van der Waals surface area contributed by atoms with Crippen molar-refractivity contribution >= 4 is 51.1 Å². The Morgan fingerprint density at radius 1 is 0.560 bits per heavy atom. The van der Waals surface area contributed by atoms with Crippen LogP contribution in [0.3, 0.4) is 0 Å². The Kier molecular flexibility index (Phi) is 6.68. The summed E-state index contributed by atoms with van der Waals surface area (Å²) in [5.41, 5.74) is 17.4. The van der Waals surface area contributed by atoms with Gasteiger partial charge in [0.2, 0.25) is 0 Å². The fourth-order valence-electron chi connectivity index (χ4n) is 8.20. The zero-order valence-corrected chi connectivity index (χ0v) is 30.1. The average molecular weight is 648 g/mol. The number of furan rings is 1. The van der Waals surface area contributed by atoms with Crippen molar-refractivity contribution in [2.45, 2.75) is 59.3 Å². The van der Waals surface area contributed by atoms with Gasteiger partial charge in [-0.2, -0.15) is 0 Å². The first-order valence-corrected chi connectivity index (χ1v) is 17.9. The fourth-order valence-corrected chi connectivity index (χ4v) is 8.20. The number of aryl methyl sites for hydroxylation is 1. The van der Waals surface area contributed by atoms with Crippen LogP contribution in [0.25, 0.3) is 44.3 Å². The normalized spacial score (nSPS) is 13.4. The number of hydrogen-bond donors (Lipinski definition) is 0. The van der Waals surface area contributed by atoms with Crippen molar-refractivity contribution in [2.24, 2.45) is 0 Å². The van der Waals surface area contributed by atoms with Crippen molar-refractivity contribution in [3.05, 3.63) is 144 Å². The van der Waals surface area contributed by atoms with Gasteiger partial charge < -0.3 is 9.32 Å². The Bertz CT molecular complexity index is 2440. The molecule has 0 radical (unpaired) electrons. The standard InChI is InChI=1S/C47H42BNO/c1-29-26-38-36-14-11-15-37-42(36)45(50-44(37)32-18-16-31(17-19-32)30-12-9-8-10-13-30)48-39-28-34(47(5,6)7)22-25-40(39)49(41(27-29)43(38)48)35-23-20-33(21-24-35)46(2,3)4/h8-28H,1-7H3. The molecule has 0 unspecified atom stereocenters. The van der Waals surface area contributed by atoms with Gasteiger partial charge in [-0.25, -0.2) is 0 Å². The first-order valence-electron chi connectivity index (χ1n) is 17.9. The fraction of sp³-hybridized carbons (Fsp3) is 0.191. The average Bonchev–Trinajstić information content (AvgIpc) is 3.49. The molecule has 2 aliphatic rings. The SMILES string of the molecule is Cc1cc2c3c(c1)N(c1ccc(C(C)(C)C)cc1)c1ccc(C(C)(C)C)cc1B3c1oc(-c3ccc(-c4ccccc4)cc3)c3cccc-2c13. The molecule has 2 aliphatic heterocycles. The summed E-state index contributed by atoms with van der Waals surface area (Å²) in [5.74, 6) is 0.941. The third-order valence-corrected chi connectivity index (χ3v) is 10.8. The molecule has 1 aromatic heterocycles. The van der Waals surface area contributed by atoms with Gasteiger partial charge in [-0.05, 0) is 91.9 Å². The van der Waals surface area contributed by atoms with Crippen LogP contribution in [0, 0.1) is 6.92 Å². The lowest BCUT2D eigenvalue weighted by atomic mass is 9.34. The molecule has 50 heavy (non-hydrogen) atoms. The molecule has 0 aliphatic carbocycles. The van der Waals surface area contributed by atoms with Crippen molar-refractivity contribution in [1.82, 2.24) is 0 Å². The van der Waals surface area contributed by atoms with E-state index in [0.29, 0.717) is 0 Å². The predicted octanol–water partition coefficient (Wildman–Crippen LogP) is 11.0. The van der Waals surface area contributed by atoms with Gasteiger partial charge >= 0.3 is 0 Å². The molecule has 0 fully saturated rings. The van der Waals surface area contributed by atoms with Crippen LogP contribution in [0.4, 0.5) is 17.1 Å². The minimum absolute atomic E-state index is 0.00131. The number of benzene rings is 6. The maximum atomic E-state index is 7.22. The van der Waals surface area contributed by atoms with Crippen LogP contribution >= 0.6 is 0 Å². The molecular weight excluding hydrogens is 605 g/mol. The molecule has 9 rings (SSSR count). The lowest BCUT2D eigenvalue weighted by Crippen LogP contribution is -2.59. The van der Waals surface area contributed by atoms with Crippen LogP contribution in [-0.4, -0.2) is 6.71 Å². The highest BCUT2D eigenvalue weighted by Crippen LogP contribution is 2.45. The third-order valence-electron chi connectivity index (χ3n) is 10.8. The van der Waals surface area contributed by atoms with E-state index >= 15 is 0 Å². The van der Waals surface area contributed by atoms with Gasteiger partial charge in [0.25, 0.3) is 6.71 Å². The number of nitrogens with zero attached hydrogens (tertiary/aromatic N) is 1. The van der Waals surface area contributed by atoms with Gasteiger partial charge in [0.15, 0.2) is 0 Å². The van der Waals surface area contributed by atoms with Crippen molar-refractivity contribution < 1.29 is 4.42 Å². The Hall–Kier alpha value is -5.28. The maximum absolute atomic E-state index is 7.22. The lowest BCUT2D eigenvalue weighted by Gasteiger charge is -2.40. The van der Waals surface area contributed by atoms with E-state index in [1.807, 2.05) is 0 Å². The second kappa shape index (κ2) is 10.9. The van der Waals surface area contributed by atoms with E-state index < -0.39 is 0 Å². The van der Waals surface area contributed by atoms with Gasteiger partial charge in [-0.15, -0.1) is 0 Å². The summed E-state index contributed by atoms with van der Waals surface area (Å²) < 4.78 is 7.22. The number of anilines is 3. The van der Waals surface area contributed by atoms with Crippen LogP contribution in [0.5, 0.6) is 0 Å². The summed E-state index contributed by atoms with van der Waals surface area (Å²) in [4.78, 5) is 2.49. The van der Waals surface area contributed by atoms with Crippen LogP contribution in [-0.2, 0) is 10.8 Å². The third kappa shape index (κ3) is 4.71. The Morgan fingerprint density at radius 2 is 1.22 bits per heavy atom. The van der Waals surface area contributed by atoms with E-state index in [4.69, 9.17) is 4.42 Å². The molecule has 0 N–H and O–H groups in total. The smallest absolute Gasteiger partial charge is 0.293 e. The molecule has 3 heteroatoms. The van der Waals surface area contributed by atoms with Gasteiger partial charge in [0.05, 0.1) is 5.66 Å². The zero-order valence-electron chi connectivity index (χ0n) is 30.1. The monoisotopic (exact) mass is 647 g/mol. The highest BCUT2D eigenvalue weighted by Gasteiger charge is 2.44. The van der Waals surface area contributed by atoms with Gasteiger partial charge in [-0.3, -0.25) is 0 Å². The first-order chi connectivity index (χ1) is 24.0. The summed E-state index contributed by atoms with van der Waals surface area (Å²) in [6.45, 7) is 16.0. The van der Waals surface area contributed by atoms with E-state index in [2.05, 4.69) is 181 Å². The van der Waals surface area contributed by atoms with Gasteiger partial charge in [0.1, 0.15) is 5.76 Å². The van der Waals surface area contributed by atoms with Crippen LogP contribution < -0.4 is 21.5 Å². The van der Waals surface area contributed by atoms with Crippen molar-refractivity contribution in [3.8, 4) is 33.6 Å². The minimum atomic E-state index is -0.0299. The molecule has 0 saturated carbocycles. The molecule has 244 valence electrons. The minimum Gasteiger partial charge on any atom is -0.469 e. The Morgan fingerprint density at radius 3 is 1.92 bits per heavy atom. The van der Waals surface area contributed by atoms with Gasteiger partial charge in [0, 0.05) is 33.4 Å². The molecule has 7 aromatic rings. The first kappa shape index (κ1) is 30.8. The maximum Gasteiger partial charge on any atom is 0.293 e. The molecule has 0 spiro atoms. The molecule has 2 nitrogen and oxygen atoms in total. The molecule has 0 bridgehead atoms. The van der Waals surface area contributed by atoms with Crippen molar-refractivity contribution in [1.29, 1.82) is 0 Å². The Balaban J connectivity index is 1.30. The molecule has 0 saturated heterocycles. The second-order valence-electron chi connectivity index (χ2n) is 16.3. The van der Waals surface area contributed by atoms with Crippen molar-refractivity contribution in [2.75, 3.05) is 4.90 Å². The highest BCUT2D eigenvalue weighted by atomic mass is 16.3. The van der Waals surface area contributed by atoms with Crippen LogP contribution in [0.1, 0.15) is 58.2 Å². The molecule has 6 aromatic carbocycles. The molecular formula is C47H42BNO. The van der Waals surface area contributed by atoms with Crippen molar-refractivity contribution in [3.63, 3.8) is 0 Å². The molecule has 3 heterocycles. The largest absolute Gasteiger partial charge is 0.469 e. The quantitative estimate of drug-likeness (QED) is 0.178. The molecule has 0 amide bonds. The van der Waals surface area contributed by atoms with E-state index in [-0.39, 0.29) is 17.5 Å². The lowest BCUT2D eigenvalue weighted by molar-refractivity contribution is 0.590. The number of rotatable bonds is 3. The highest BCUT2D eigenvalue weighted by molar-refractivity contribution is 7.00. The zero-order chi connectivity index (χ0) is 34.5. The Labute approximate surface area is 296 Å². The van der Waals surface area contributed by atoms with E-state index in [1.54, 1.807) is 0 Å². The predicted molar refractivity (Wildman–Crippen MR) is 214 cm³/mol. The summed E-state index contributed by atoms with van der Waals surface area (Å²) >= 11 is 0. The topological polar surface area (TPSA) is 16.4 Å². The van der Waals surface area contributed by atoms with Crippen LogP contribution in [0.2, 0.25) is 0 Å². The summed E-state index contributed by atoms with van der Waals surface area (Å²) in [6.07, 6.45) is 0. The second-order valence-corrected chi connectivity index (χ2v) is 16.3.